The van der Waals surface area contributed by atoms with Crippen LogP contribution in [0.15, 0.2) is 0 Å². The molecular formula is C14H22O4. The van der Waals surface area contributed by atoms with Gasteiger partial charge in [-0.05, 0) is 42.9 Å². The number of rotatable bonds is 2. The Morgan fingerprint density at radius 2 is 1.56 bits per heavy atom. The van der Waals surface area contributed by atoms with Gasteiger partial charge in [-0.2, -0.15) is 0 Å². The highest BCUT2D eigenvalue weighted by Crippen LogP contribution is 2.56. The summed E-state index contributed by atoms with van der Waals surface area (Å²) in [5.74, 6) is 0.213. The molecule has 102 valence electrons. The second-order valence-electron chi connectivity index (χ2n) is 6.40. The molecule has 2 heterocycles. The largest absolute Gasteiger partial charge is 0.481 e. The smallest absolute Gasteiger partial charge is 0.303 e. The molecule has 4 bridgehead atoms. The lowest BCUT2D eigenvalue weighted by Gasteiger charge is -2.54. The van der Waals surface area contributed by atoms with Gasteiger partial charge < -0.3 is 14.6 Å². The van der Waals surface area contributed by atoms with E-state index in [1.165, 1.54) is 0 Å². The minimum absolute atomic E-state index is 0.0596. The zero-order valence-electron chi connectivity index (χ0n) is 10.9. The van der Waals surface area contributed by atoms with Crippen LogP contribution in [0.5, 0.6) is 0 Å². The van der Waals surface area contributed by atoms with Crippen LogP contribution in [0.4, 0.5) is 0 Å². The van der Waals surface area contributed by atoms with E-state index in [1.807, 2.05) is 0 Å². The van der Waals surface area contributed by atoms with Crippen molar-refractivity contribution in [1.82, 2.24) is 0 Å². The van der Waals surface area contributed by atoms with Gasteiger partial charge in [-0.3, -0.25) is 4.79 Å². The Bertz CT molecular complexity index is 307. The highest BCUT2D eigenvalue weighted by atomic mass is 16.5. The minimum atomic E-state index is -0.666. The van der Waals surface area contributed by atoms with Crippen molar-refractivity contribution in [3.8, 4) is 0 Å². The molecule has 1 N–H and O–H groups in total. The lowest BCUT2D eigenvalue weighted by molar-refractivity contribution is -0.151. The van der Waals surface area contributed by atoms with Crippen molar-refractivity contribution in [1.29, 1.82) is 0 Å². The Hall–Kier alpha value is -0.610. The fourth-order valence-corrected chi connectivity index (χ4v) is 4.38. The third-order valence-electron chi connectivity index (χ3n) is 5.38. The molecule has 0 aromatic carbocycles. The molecule has 2 saturated heterocycles. The first kappa shape index (κ1) is 12.4. The molecule has 2 saturated carbocycles. The topological polar surface area (TPSA) is 55.8 Å². The van der Waals surface area contributed by atoms with Crippen LogP contribution in [0.1, 0.15) is 39.0 Å². The van der Waals surface area contributed by atoms with Crippen molar-refractivity contribution in [3.63, 3.8) is 0 Å². The normalized spacial score (nSPS) is 47.4. The van der Waals surface area contributed by atoms with Gasteiger partial charge >= 0.3 is 5.97 Å². The van der Waals surface area contributed by atoms with Gasteiger partial charge in [0.1, 0.15) is 0 Å². The summed E-state index contributed by atoms with van der Waals surface area (Å²) in [5.41, 5.74) is -0.0596. The van der Waals surface area contributed by atoms with Crippen molar-refractivity contribution in [2.75, 3.05) is 13.2 Å². The summed E-state index contributed by atoms with van der Waals surface area (Å²) in [6.45, 7) is 3.55. The van der Waals surface area contributed by atoms with Gasteiger partial charge in [0, 0.05) is 0 Å². The summed E-state index contributed by atoms with van der Waals surface area (Å²) < 4.78 is 11.7. The van der Waals surface area contributed by atoms with E-state index in [-0.39, 0.29) is 5.41 Å². The highest BCUT2D eigenvalue weighted by Gasteiger charge is 2.52. The molecule has 18 heavy (non-hydrogen) atoms. The second-order valence-corrected chi connectivity index (χ2v) is 6.40. The average molecular weight is 254 g/mol. The Balaban J connectivity index is 1.86. The molecule has 0 unspecified atom stereocenters. The van der Waals surface area contributed by atoms with Crippen molar-refractivity contribution in [2.45, 2.75) is 51.2 Å². The van der Waals surface area contributed by atoms with Crippen LogP contribution in [0.25, 0.3) is 0 Å². The number of hydrogen-bond donors (Lipinski definition) is 1. The number of carbonyl (C=O) groups is 1. The maximum absolute atomic E-state index is 11.2. The number of carboxylic acid groups (broad SMARTS) is 1. The third kappa shape index (κ3) is 2.05. The number of hydrogen-bond acceptors (Lipinski definition) is 3. The van der Waals surface area contributed by atoms with Crippen LogP contribution in [-0.4, -0.2) is 36.5 Å². The van der Waals surface area contributed by atoms with Crippen LogP contribution in [0.2, 0.25) is 0 Å². The Morgan fingerprint density at radius 1 is 1.11 bits per heavy atom. The van der Waals surface area contributed by atoms with Gasteiger partial charge in [-0.15, -0.1) is 0 Å². The van der Waals surface area contributed by atoms with Crippen LogP contribution >= 0.6 is 0 Å². The van der Waals surface area contributed by atoms with Crippen LogP contribution in [0, 0.1) is 17.3 Å². The van der Waals surface area contributed by atoms with Crippen LogP contribution in [0.3, 0.4) is 0 Å². The first-order valence-electron chi connectivity index (χ1n) is 7.03. The first-order valence-corrected chi connectivity index (χ1v) is 7.03. The number of carboxylic acids is 1. The number of aliphatic carboxylic acids is 1. The Kier molecular flexibility index (Phi) is 3.10. The molecule has 0 atom stereocenters. The van der Waals surface area contributed by atoms with E-state index in [4.69, 9.17) is 9.47 Å². The first-order chi connectivity index (χ1) is 8.58. The molecule has 0 spiro atoms. The summed E-state index contributed by atoms with van der Waals surface area (Å²) in [5, 5.41) is 9.18. The maximum Gasteiger partial charge on any atom is 0.303 e. The highest BCUT2D eigenvalue weighted by molar-refractivity contribution is 5.67. The monoisotopic (exact) mass is 254 g/mol. The third-order valence-corrected chi connectivity index (χ3v) is 5.38. The van der Waals surface area contributed by atoms with E-state index in [0.29, 0.717) is 43.7 Å². The summed E-state index contributed by atoms with van der Waals surface area (Å²) >= 11 is 0. The van der Waals surface area contributed by atoms with Crippen LogP contribution in [-0.2, 0) is 14.3 Å². The van der Waals surface area contributed by atoms with E-state index in [9.17, 15) is 9.90 Å². The second kappa shape index (κ2) is 4.49. The van der Waals surface area contributed by atoms with Gasteiger partial charge in [0.15, 0.2) is 0 Å². The fraction of sp³-hybridized carbons (Fsp3) is 0.929. The lowest BCUT2D eigenvalue weighted by atomic mass is 9.53. The van der Waals surface area contributed by atoms with Crippen molar-refractivity contribution in [3.05, 3.63) is 0 Å². The SMILES string of the molecule is CC1(CC(=O)O)C2CC3CC1CC(C2)OCCO3. The lowest BCUT2D eigenvalue weighted by Crippen LogP contribution is -2.51. The van der Waals surface area contributed by atoms with Crippen LogP contribution < -0.4 is 0 Å². The Labute approximate surface area is 108 Å². The molecule has 4 rings (SSSR count). The van der Waals surface area contributed by atoms with Gasteiger partial charge in [0.2, 0.25) is 0 Å². The molecule has 0 radical (unpaired) electrons. The molecule has 0 amide bonds. The zero-order valence-corrected chi connectivity index (χ0v) is 10.9. The van der Waals surface area contributed by atoms with Crippen molar-refractivity contribution < 1.29 is 19.4 Å². The van der Waals surface area contributed by atoms with E-state index in [2.05, 4.69) is 6.92 Å². The fourth-order valence-electron chi connectivity index (χ4n) is 4.38. The quantitative estimate of drug-likeness (QED) is 0.819. The standard InChI is InChI=1S/C14H22O4/c1-14(8-13(15)16)9-4-11-5-10(14)7-12(6-9)18-3-2-17-11/h9-12H,2-8H2,1H3,(H,15,16). The average Bonchev–Trinajstić information content (AvgIpc) is 2.38. The maximum atomic E-state index is 11.2. The molecule has 2 aliphatic carbocycles. The van der Waals surface area contributed by atoms with Crippen molar-refractivity contribution in [2.24, 2.45) is 17.3 Å². The molecule has 0 aromatic rings. The number of fused-ring (bicyclic) bond motifs is 3. The zero-order chi connectivity index (χ0) is 12.8. The Morgan fingerprint density at radius 3 is 1.94 bits per heavy atom. The van der Waals surface area contributed by atoms with Crippen molar-refractivity contribution >= 4 is 5.97 Å². The minimum Gasteiger partial charge on any atom is -0.481 e. The summed E-state index contributed by atoms with van der Waals surface area (Å²) in [7, 11) is 0. The molecule has 2 aliphatic heterocycles. The van der Waals surface area contributed by atoms with Gasteiger partial charge in [-0.25, -0.2) is 0 Å². The summed E-state index contributed by atoms with van der Waals surface area (Å²) in [6, 6.07) is 0. The molecule has 4 nitrogen and oxygen atoms in total. The predicted octanol–water partition coefficient (Wildman–Crippen LogP) is 2.07. The predicted molar refractivity (Wildman–Crippen MR) is 65.3 cm³/mol. The van der Waals surface area contributed by atoms with E-state index in [0.717, 1.165) is 25.7 Å². The van der Waals surface area contributed by atoms with Gasteiger partial charge in [0.05, 0.1) is 31.8 Å². The van der Waals surface area contributed by atoms with E-state index >= 15 is 0 Å². The molecule has 4 aliphatic rings. The van der Waals surface area contributed by atoms with E-state index < -0.39 is 5.97 Å². The summed E-state index contributed by atoms with van der Waals surface area (Å²) in [4.78, 5) is 11.2. The molecule has 4 fully saturated rings. The molecule has 4 heteroatoms. The van der Waals surface area contributed by atoms with Gasteiger partial charge in [0.25, 0.3) is 0 Å². The number of ether oxygens (including phenoxy) is 2. The van der Waals surface area contributed by atoms with E-state index in [1.54, 1.807) is 0 Å². The summed E-state index contributed by atoms with van der Waals surface area (Å²) in [6.07, 6.45) is 5.00. The molecular weight excluding hydrogens is 232 g/mol. The molecule has 0 aromatic heterocycles. The van der Waals surface area contributed by atoms with Gasteiger partial charge in [-0.1, -0.05) is 6.92 Å².